The predicted octanol–water partition coefficient (Wildman–Crippen LogP) is 2.45. The highest BCUT2D eigenvalue weighted by molar-refractivity contribution is 5.87. The number of ether oxygens (including phenoxy) is 1. The molecular formula is C24H29N3O4. The average molecular weight is 424 g/mol. The topological polar surface area (TPSA) is 82.1 Å². The lowest BCUT2D eigenvalue weighted by atomic mass is 9.73. The number of aliphatic hydroxyl groups is 1. The molecule has 3 amide bonds. The van der Waals surface area contributed by atoms with Crippen LogP contribution in [0.4, 0.5) is 4.79 Å². The van der Waals surface area contributed by atoms with Gasteiger partial charge in [-0.3, -0.25) is 4.79 Å². The van der Waals surface area contributed by atoms with Gasteiger partial charge in [0, 0.05) is 18.5 Å². The first-order valence-corrected chi connectivity index (χ1v) is 10.6. The van der Waals surface area contributed by atoms with Crippen LogP contribution in [0.3, 0.4) is 0 Å². The van der Waals surface area contributed by atoms with Crippen LogP contribution in [0.2, 0.25) is 0 Å². The number of amides is 3. The van der Waals surface area contributed by atoms with Crippen molar-refractivity contribution in [1.29, 1.82) is 0 Å². The number of carbonyl (C=O) groups is 2. The van der Waals surface area contributed by atoms with Crippen molar-refractivity contribution in [3.8, 4) is 16.9 Å². The summed E-state index contributed by atoms with van der Waals surface area (Å²) in [4.78, 5) is 28.5. The van der Waals surface area contributed by atoms with Crippen LogP contribution >= 0.6 is 0 Å². The van der Waals surface area contributed by atoms with Gasteiger partial charge in [0.1, 0.15) is 12.3 Å². The molecule has 7 heteroatoms. The van der Waals surface area contributed by atoms with Crippen molar-refractivity contribution in [2.75, 3.05) is 26.8 Å². The lowest BCUT2D eigenvalue weighted by Gasteiger charge is -2.58. The molecule has 164 valence electrons. The standard InChI is InChI=1S/C24H29N3O4/c1-15(2)25-24(30)26-12-20-23(21(14-28)27(20)22(29)13-26)17-9-7-16(8-10-17)18-5-4-6-19(11-18)31-3/h4-11,15,20-21,23,28H,12-14H2,1-3H3,(H,25,30)/t20-,21+,23+/m1/s1. The third kappa shape index (κ3) is 3.97. The van der Waals surface area contributed by atoms with Gasteiger partial charge in [-0.05, 0) is 42.7 Å². The molecule has 2 aromatic rings. The van der Waals surface area contributed by atoms with E-state index in [1.807, 2.05) is 38.1 Å². The fraction of sp³-hybridized carbons (Fsp3) is 0.417. The molecule has 31 heavy (non-hydrogen) atoms. The average Bonchev–Trinajstić information content (AvgIpc) is 2.75. The Morgan fingerprint density at radius 1 is 1.19 bits per heavy atom. The fourth-order valence-electron chi connectivity index (χ4n) is 4.69. The summed E-state index contributed by atoms with van der Waals surface area (Å²) in [5.41, 5.74) is 3.19. The number of hydrogen-bond donors (Lipinski definition) is 2. The Hall–Kier alpha value is -3.06. The van der Waals surface area contributed by atoms with Crippen molar-refractivity contribution < 1.29 is 19.4 Å². The normalized spacial score (nSPS) is 22.7. The monoisotopic (exact) mass is 423 g/mol. The second-order valence-electron chi connectivity index (χ2n) is 8.48. The zero-order valence-corrected chi connectivity index (χ0v) is 18.1. The number of methoxy groups -OCH3 is 1. The summed E-state index contributed by atoms with van der Waals surface area (Å²) in [5.74, 6) is 0.679. The van der Waals surface area contributed by atoms with Crippen LogP contribution in [0.15, 0.2) is 48.5 Å². The molecule has 2 aliphatic heterocycles. The van der Waals surface area contributed by atoms with E-state index in [1.54, 1.807) is 16.9 Å². The van der Waals surface area contributed by atoms with Gasteiger partial charge in [-0.2, -0.15) is 0 Å². The minimum absolute atomic E-state index is 0.00663. The molecule has 2 aliphatic rings. The van der Waals surface area contributed by atoms with Crippen molar-refractivity contribution in [3.05, 3.63) is 54.1 Å². The van der Waals surface area contributed by atoms with Crippen molar-refractivity contribution in [1.82, 2.24) is 15.1 Å². The van der Waals surface area contributed by atoms with Gasteiger partial charge in [0.15, 0.2) is 0 Å². The zero-order chi connectivity index (χ0) is 22.1. The van der Waals surface area contributed by atoms with Gasteiger partial charge in [-0.1, -0.05) is 36.4 Å². The number of nitrogens with one attached hydrogen (secondary N) is 1. The number of benzene rings is 2. The minimum atomic E-state index is -0.254. The Morgan fingerprint density at radius 3 is 2.58 bits per heavy atom. The largest absolute Gasteiger partial charge is 0.497 e. The Kier molecular flexibility index (Phi) is 5.87. The maximum atomic E-state index is 12.7. The Labute approximate surface area is 182 Å². The van der Waals surface area contributed by atoms with Crippen LogP contribution in [-0.2, 0) is 4.79 Å². The molecule has 0 aliphatic carbocycles. The molecule has 3 atom stereocenters. The van der Waals surface area contributed by atoms with Gasteiger partial charge in [-0.25, -0.2) is 4.79 Å². The van der Waals surface area contributed by atoms with Crippen LogP contribution in [0.1, 0.15) is 25.3 Å². The number of piperazine rings is 1. The number of nitrogens with zero attached hydrogens (tertiary/aromatic N) is 2. The first-order chi connectivity index (χ1) is 14.9. The number of fused-ring (bicyclic) bond motifs is 1. The summed E-state index contributed by atoms with van der Waals surface area (Å²) in [7, 11) is 1.65. The molecule has 0 bridgehead atoms. The predicted molar refractivity (Wildman–Crippen MR) is 118 cm³/mol. The van der Waals surface area contributed by atoms with Crippen molar-refractivity contribution in [2.45, 2.75) is 37.9 Å². The van der Waals surface area contributed by atoms with E-state index in [2.05, 4.69) is 29.6 Å². The van der Waals surface area contributed by atoms with E-state index >= 15 is 0 Å². The van der Waals surface area contributed by atoms with Crippen LogP contribution in [-0.4, -0.2) is 71.8 Å². The van der Waals surface area contributed by atoms with Gasteiger partial charge < -0.3 is 25.0 Å². The lowest BCUT2D eigenvalue weighted by Crippen LogP contribution is -2.74. The van der Waals surface area contributed by atoms with Crippen molar-refractivity contribution >= 4 is 11.9 Å². The van der Waals surface area contributed by atoms with Gasteiger partial charge in [0.25, 0.3) is 0 Å². The highest BCUT2D eigenvalue weighted by atomic mass is 16.5. The number of hydrogen-bond acceptors (Lipinski definition) is 4. The van der Waals surface area contributed by atoms with Crippen LogP contribution in [0, 0.1) is 0 Å². The molecule has 0 radical (unpaired) electrons. The van der Waals surface area contributed by atoms with Crippen molar-refractivity contribution in [3.63, 3.8) is 0 Å². The van der Waals surface area contributed by atoms with Gasteiger partial charge in [0.05, 0.1) is 25.8 Å². The first kappa shape index (κ1) is 21.2. The highest BCUT2D eigenvalue weighted by Gasteiger charge is 2.54. The van der Waals surface area contributed by atoms with E-state index in [9.17, 15) is 14.7 Å². The van der Waals surface area contributed by atoms with Gasteiger partial charge in [0.2, 0.25) is 5.91 Å². The third-order valence-corrected chi connectivity index (χ3v) is 6.15. The Balaban J connectivity index is 1.55. The van der Waals surface area contributed by atoms with E-state index in [0.29, 0.717) is 6.54 Å². The van der Waals surface area contributed by atoms with E-state index in [4.69, 9.17) is 4.74 Å². The van der Waals surface area contributed by atoms with Crippen LogP contribution < -0.4 is 10.1 Å². The lowest BCUT2D eigenvalue weighted by molar-refractivity contribution is -0.159. The first-order valence-electron chi connectivity index (χ1n) is 10.6. The number of aliphatic hydroxyl groups excluding tert-OH is 1. The van der Waals surface area contributed by atoms with Gasteiger partial charge >= 0.3 is 6.03 Å². The molecule has 2 heterocycles. The second kappa shape index (κ2) is 8.59. The summed E-state index contributed by atoms with van der Waals surface area (Å²) in [6.45, 7) is 4.21. The smallest absolute Gasteiger partial charge is 0.318 e. The number of rotatable bonds is 5. The molecule has 4 rings (SSSR count). The zero-order valence-electron chi connectivity index (χ0n) is 18.1. The van der Waals surface area contributed by atoms with E-state index in [0.717, 1.165) is 22.4 Å². The molecule has 2 aromatic carbocycles. The molecule has 2 fully saturated rings. The van der Waals surface area contributed by atoms with Crippen LogP contribution in [0.25, 0.3) is 11.1 Å². The number of urea groups is 1. The molecule has 7 nitrogen and oxygen atoms in total. The molecule has 0 unspecified atom stereocenters. The Bertz CT molecular complexity index is 960. The maximum Gasteiger partial charge on any atom is 0.318 e. The van der Waals surface area contributed by atoms with E-state index in [1.165, 1.54) is 0 Å². The van der Waals surface area contributed by atoms with E-state index < -0.39 is 0 Å². The fourth-order valence-corrected chi connectivity index (χ4v) is 4.69. The third-order valence-electron chi connectivity index (χ3n) is 6.15. The maximum absolute atomic E-state index is 12.7. The molecule has 2 saturated heterocycles. The summed E-state index contributed by atoms with van der Waals surface area (Å²) >= 11 is 0. The highest BCUT2D eigenvalue weighted by Crippen LogP contribution is 2.43. The molecule has 0 spiro atoms. The molecule has 0 aromatic heterocycles. The summed E-state index contributed by atoms with van der Waals surface area (Å²) in [5, 5.41) is 12.8. The molecular weight excluding hydrogens is 394 g/mol. The van der Waals surface area contributed by atoms with Crippen LogP contribution in [0.5, 0.6) is 5.75 Å². The SMILES string of the molecule is COc1cccc(-c2ccc([C@H]3[C@H]4CN(C(=O)NC(C)C)CC(=O)N4[C@H]3CO)cc2)c1. The Morgan fingerprint density at radius 2 is 1.94 bits per heavy atom. The molecule has 2 N–H and O–H groups in total. The summed E-state index contributed by atoms with van der Waals surface area (Å²) < 4.78 is 5.31. The second-order valence-corrected chi connectivity index (χ2v) is 8.48. The quantitative estimate of drug-likeness (QED) is 0.774. The minimum Gasteiger partial charge on any atom is -0.497 e. The van der Waals surface area contributed by atoms with Gasteiger partial charge in [-0.15, -0.1) is 0 Å². The van der Waals surface area contributed by atoms with Crippen molar-refractivity contribution in [2.24, 2.45) is 0 Å². The number of carbonyl (C=O) groups excluding carboxylic acids is 2. The summed E-state index contributed by atoms with van der Waals surface area (Å²) in [6.07, 6.45) is 0. The summed E-state index contributed by atoms with van der Waals surface area (Å²) in [6, 6.07) is 15.5. The molecule has 0 saturated carbocycles. The van der Waals surface area contributed by atoms with E-state index in [-0.39, 0.29) is 49.1 Å².